The maximum Gasteiger partial charge on any atom is 0.143 e. The highest BCUT2D eigenvalue weighted by Crippen LogP contribution is 2.41. The van der Waals surface area contributed by atoms with Crippen molar-refractivity contribution >= 4 is 33.1 Å². The molecule has 0 saturated carbocycles. The summed E-state index contributed by atoms with van der Waals surface area (Å²) >= 11 is 1.72. The van der Waals surface area contributed by atoms with Crippen LogP contribution in [0.1, 0.15) is 27.1 Å². The average molecular weight is 374 g/mol. The molecule has 0 unspecified atom stereocenters. The zero-order valence-corrected chi connectivity index (χ0v) is 17.2. The molecule has 2 heterocycles. The maximum absolute atomic E-state index is 4.61. The van der Waals surface area contributed by atoms with Gasteiger partial charge in [0.15, 0.2) is 0 Å². The molecule has 0 aliphatic heterocycles. The molecule has 0 fully saturated rings. The van der Waals surface area contributed by atoms with E-state index in [0.29, 0.717) is 0 Å². The third-order valence-corrected chi connectivity index (χ3v) is 5.94. The van der Waals surface area contributed by atoms with Gasteiger partial charge in [0.2, 0.25) is 0 Å². The molecule has 0 radical (unpaired) electrons. The number of aryl methyl sites for hydroxylation is 5. The monoisotopic (exact) mass is 373 g/mol. The van der Waals surface area contributed by atoms with E-state index >= 15 is 0 Å². The second-order valence-corrected chi connectivity index (χ2v) is 8.40. The van der Waals surface area contributed by atoms with Crippen LogP contribution in [0.4, 0.5) is 11.5 Å². The van der Waals surface area contributed by atoms with Crippen molar-refractivity contribution in [1.29, 1.82) is 0 Å². The maximum atomic E-state index is 4.61. The molecule has 4 aromatic rings. The molecule has 2 aromatic heterocycles. The molecule has 0 aliphatic carbocycles. The fourth-order valence-electron chi connectivity index (χ4n) is 3.70. The third-order valence-electron chi connectivity index (χ3n) is 4.92. The number of nitrogens with zero attached hydrogens (tertiary/aromatic N) is 2. The lowest BCUT2D eigenvalue weighted by atomic mass is 10.0. The molecule has 0 atom stereocenters. The highest BCUT2D eigenvalue weighted by Gasteiger charge is 2.17. The number of aromatic nitrogens is 2. The molecule has 4 heteroatoms. The van der Waals surface area contributed by atoms with Crippen molar-refractivity contribution in [2.45, 2.75) is 34.6 Å². The summed E-state index contributed by atoms with van der Waals surface area (Å²) in [6, 6.07) is 13.1. The molecule has 4 rings (SSSR count). The number of rotatable bonds is 3. The van der Waals surface area contributed by atoms with Crippen LogP contribution in [0.5, 0.6) is 0 Å². The molecule has 0 spiro atoms. The molecule has 0 amide bonds. The number of hydrogen-bond acceptors (Lipinski definition) is 4. The Kier molecular flexibility index (Phi) is 4.44. The molecule has 136 valence electrons. The first-order valence-electron chi connectivity index (χ1n) is 9.10. The van der Waals surface area contributed by atoms with Crippen molar-refractivity contribution in [3.8, 4) is 11.1 Å². The van der Waals surface area contributed by atoms with Gasteiger partial charge < -0.3 is 5.32 Å². The fraction of sp³-hybridized carbons (Fsp3) is 0.217. The van der Waals surface area contributed by atoms with Crippen LogP contribution >= 0.6 is 11.3 Å². The Morgan fingerprint density at radius 1 is 0.815 bits per heavy atom. The smallest absolute Gasteiger partial charge is 0.143 e. The second kappa shape index (κ2) is 6.78. The van der Waals surface area contributed by atoms with Crippen LogP contribution in [-0.4, -0.2) is 9.97 Å². The van der Waals surface area contributed by atoms with Crippen molar-refractivity contribution in [2.24, 2.45) is 0 Å². The Morgan fingerprint density at radius 3 is 2.15 bits per heavy atom. The third kappa shape index (κ3) is 3.21. The summed E-state index contributed by atoms with van der Waals surface area (Å²) < 4.78 is 0. The van der Waals surface area contributed by atoms with Crippen molar-refractivity contribution in [1.82, 2.24) is 9.97 Å². The Balaban J connectivity index is 1.91. The van der Waals surface area contributed by atoms with Crippen molar-refractivity contribution in [3.63, 3.8) is 0 Å². The molecule has 27 heavy (non-hydrogen) atoms. The van der Waals surface area contributed by atoms with Gasteiger partial charge in [0, 0.05) is 16.1 Å². The van der Waals surface area contributed by atoms with Crippen LogP contribution in [0.25, 0.3) is 21.3 Å². The summed E-state index contributed by atoms with van der Waals surface area (Å²) in [4.78, 5) is 11.4. The van der Waals surface area contributed by atoms with Crippen LogP contribution in [-0.2, 0) is 0 Å². The molecule has 0 bridgehead atoms. The first-order chi connectivity index (χ1) is 12.9. The van der Waals surface area contributed by atoms with Gasteiger partial charge >= 0.3 is 0 Å². The number of benzene rings is 2. The quantitative estimate of drug-likeness (QED) is 0.437. The average Bonchev–Trinajstić information content (AvgIpc) is 2.95. The second-order valence-electron chi connectivity index (χ2n) is 7.20. The van der Waals surface area contributed by atoms with Gasteiger partial charge in [0.1, 0.15) is 17.0 Å². The van der Waals surface area contributed by atoms with Gasteiger partial charge in [-0.25, -0.2) is 9.97 Å². The molecular weight excluding hydrogens is 350 g/mol. The number of fused-ring (bicyclic) bond motifs is 1. The lowest BCUT2D eigenvalue weighted by Crippen LogP contribution is -2.00. The number of anilines is 2. The van der Waals surface area contributed by atoms with E-state index in [0.717, 1.165) is 21.7 Å². The molecule has 3 nitrogen and oxygen atoms in total. The van der Waals surface area contributed by atoms with E-state index in [1.165, 1.54) is 38.3 Å². The molecule has 1 N–H and O–H groups in total. The fourth-order valence-corrected chi connectivity index (χ4v) is 4.72. The standard InChI is InChI=1S/C23H23N3S/c1-13-6-8-18(9-7-13)19-17(5)27-23-20(19)22(24-12-25-23)26-21-15(3)10-14(2)11-16(21)4/h6-12H,1-5H3,(H,24,25,26). The van der Waals surface area contributed by atoms with E-state index in [1.807, 2.05) is 0 Å². The van der Waals surface area contributed by atoms with Crippen molar-refractivity contribution < 1.29 is 0 Å². The predicted octanol–water partition coefficient (Wildman–Crippen LogP) is 6.64. The first-order valence-corrected chi connectivity index (χ1v) is 9.91. The highest BCUT2D eigenvalue weighted by atomic mass is 32.1. The largest absolute Gasteiger partial charge is 0.339 e. The Hall–Kier alpha value is -2.72. The SMILES string of the molecule is Cc1ccc(-c2c(C)sc3ncnc(Nc4c(C)cc(C)cc4C)c23)cc1. The van der Waals surface area contributed by atoms with E-state index in [1.54, 1.807) is 17.7 Å². The molecular formula is C23H23N3S. The lowest BCUT2D eigenvalue weighted by Gasteiger charge is -2.14. The number of hydrogen-bond donors (Lipinski definition) is 1. The topological polar surface area (TPSA) is 37.8 Å². The van der Waals surface area contributed by atoms with Gasteiger partial charge in [0.05, 0.1) is 5.39 Å². The van der Waals surface area contributed by atoms with Gasteiger partial charge in [0.25, 0.3) is 0 Å². The summed E-state index contributed by atoms with van der Waals surface area (Å²) in [6.07, 6.45) is 1.65. The van der Waals surface area contributed by atoms with Crippen LogP contribution in [0, 0.1) is 34.6 Å². The molecule has 0 aliphatic rings. The minimum absolute atomic E-state index is 0.870. The Morgan fingerprint density at radius 2 is 1.48 bits per heavy atom. The molecule has 0 saturated heterocycles. The van der Waals surface area contributed by atoms with E-state index in [4.69, 9.17) is 0 Å². The van der Waals surface area contributed by atoms with Crippen LogP contribution in [0.3, 0.4) is 0 Å². The van der Waals surface area contributed by atoms with E-state index in [9.17, 15) is 0 Å². The lowest BCUT2D eigenvalue weighted by molar-refractivity contribution is 1.22. The van der Waals surface area contributed by atoms with E-state index in [-0.39, 0.29) is 0 Å². The number of nitrogens with one attached hydrogen (secondary N) is 1. The van der Waals surface area contributed by atoms with Gasteiger partial charge in [-0.15, -0.1) is 11.3 Å². The van der Waals surface area contributed by atoms with Crippen LogP contribution in [0.2, 0.25) is 0 Å². The van der Waals surface area contributed by atoms with Gasteiger partial charge in [-0.3, -0.25) is 0 Å². The zero-order valence-electron chi connectivity index (χ0n) is 16.3. The highest BCUT2D eigenvalue weighted by molar-refractivity contribution is 7.19. The van der Waals surface area contributed by atoms with Crippen LogP contribution < -0.4 is 5.32 Å². The van der Waals surface area contributed by atoms with Crippen LogP contribution in [0.15, 0.2) is 42.7 Å². The predicted molar refractivity (Wildman–Crippen MR) is 116 cm³/mol. The first kappa shape index (κ1) is 17.7. The van der Waals surface area contributed by atoms with Gasteiger partial charge in [-0.2, -0.15) is 0 Å². The van der Waals surface area contributed by atoms with E-state index < -0.39 is 0 Å². The Labute approximate surface area is 164 Å². The summed E-state index contributed by atoms with van der Waals surface area (Å²) in [5.41, 5.74) is 8.54. The minimum atomic E-state index is 0.870. The summed E-state index contributed by atoms with van der Waals surface area (Å²) in [5.74, 6) is 0.870. The summed E-state index contributed by atoms with van der Waals surface area (Å²) in [5, 5.41) is 4.70. The number of thiophene rings is 1. The van der Waals surface area contributed by atoms with Gasteiger partial charge in [-0.05, 0) is 51.3 Å². The zero-order chi connectivity index (χ0) is 19.1. The Bertz CT molecular complexity index is 1120. The molecule has 2 aromatic carbocycles. The normalized spacial score (nSPS) is 11.1. The minimum Gasteiger partial charge on any atom is -0.339 e. The van der Waals surface area contributed by atoms with E-state index in [2.05, 4.69) is 86.3 Å². The van der Waals surface area contributed by atoms with Crippen molar-refractivity contribution in [2.75, 3.05) is 5.32 Å². The summed E-state index contributed by atoms with van der Waals surface area (Å²) in [7, 11) is 0. The summed E-state index contributed by atoms with van der Waals surface area (Å²) in [6.45, 7) is 10.7. The van der Waals surface area contributed by atoms with Crippen molar-refractivity contribution in [3.05, 3.63) is 69.9 Å². The van der Waals surface area contributed by atoms with Gasteiger partial charge in [-0.1, -0.05) is 47.5 Å².